The number of aromatic nitrogens is 2. The Morgan fingerprint density at radius 3 is 1.45 bits per heavy atom. The minimum atomic E-state index is 0. The van der Waals surface area contributed by atoms with Crippen LogP contribution in [0.3, 0.4) is 0 Å². The topological polar surface area (TPSA) is 8.81 Å². The molecule has 173 valence electrons. The maximum atomic E-state index is 3.66. The second-order valence-electron chi connectivity index (χ2n) is 9.33. The van der Waals surface area contributed by atoms with Crippen LogP contribution in [0.2, 0.25) is 0 Å². The molecular weight excluding hydrogens is 448 g/mol. The third kappa shape index (κ3) is 5.66. The van der Waals surface area contributed by atoms with Gasteiger partial charge < -0.3 is 0 Å². The first-order valence-electron chi connectivity index (χ1n) is 11.0. The molecule has 0 aliphatic heterocycles. The van der Waals surface area contributed by atoms with Gasteiger partial charge in [-0.2, -0.15) is 13.5 Å². The first-order chi connectivity index (χ1) is 13.7. The third-order valence-electron chi connectivity index (χ3n) is 5.75. The number of nitrogens with zero attached hydrogens (tertiary/aromatic N) is 2. The average molecular weight is 486 g/mol. The Kier molecular flexibility index (Phi) is 10.1. The van der Waals surface area contributed by atoms with Crippen LogP contribution >= 0.6 is 13.5 Å². The van der Waals surface area contributed by atoms with Crippen molar-refractivity contribution < 1.29 is 21.6 Å². The fourth-order valence-corrected chi connectivity index (χ4v) is 4.14. The molecule has 3 aromatic rings. The molecule has 1 heterocycles. The van der Waals surface area contributed by atoms with E-state index in [1.54, 1.807) is 0 Å². The van der Waals surface area contributed by atoms with Crippen LogP contribution in [0.5, 0.6) is 0 Å². The van der Waals surface area contributed by atoms with E-state index in [9.17, 15) is 0 Å². The molecule has 3 rings (SSSR count). The van der Waals surface area contributed by atoms with Crippen molar-refractivity contribution in [1.29, 1.82) is 0 Å². The minimum Gasteiger partial charge on any atom is -0.298 e. The van der Waals surface area contributed by atoms with Crippen molar-refractivity contribution >= 4 is 13.5 Å². The van der Waals surface area contributed by atoms with E-state index in [0.29, 0.717) is 23.7 Å². The summed E-state index contributed by atoms with van der Waals surface area (Å²) in [6.07, 6.45) is 7.98. The van der Waals surface area contributed by atoms with Crippen LogP contribution in [0.15, 0.2) is 48.8 Å². The van der Waals surface area contributed by atoms with Gasteiger partial charge in [0, 0.05) is 29.5 Å². The molecule has 0 atom stereocenters. The molecule has 0 spiro atoms. The molecule has 0 N–H and O–H groups in total. The van der Waals surface area contributed by atoms with Gasteiger partial charge in [-0.1, -0.05) is 91.8 Å². The van der Waals surface area contributed by atoms with E-state index < -0.39 is 0 Å². The number of rotatable bonds is 6. The molecule has 1 radical (unpaired) electrons. The van der Waals surface area contributed by atoms with E-state index in [0.717, 1.165) is 0 Å². The molecule has 0 amide bonds. The second kappa shape index (κ2) is 11.4. The van der Waals surface area contributed by atoms with Crippen LogP contribution in [0, 0.1) is 6.33 Å². The summed E-state index contributed by atoms with van der Waals surface area (Å²) in [5.74, 6) is 1.84. The van der Waals surface area contributed by atoms with Crippen LogP contribution in [0.4, 0.5) is 0 Å². The van der Waals surface area contributed by atoms with Crippen molar-refractivity contribution in [2.75, 3.05) is 0 Å². The Balaban J connectivity index is 0.00000240. The van der Waals surface area contributed by atoms with Gasteiger partial charge in [0.05, 0.1) is 11.4 Å². The molecule has 0 saturated carbocycles. The number of para-hydroxylation sites is 2. The standard InChI is InChI=1S/C27H36N2.Cu.H2S/c1-18(2)22-11-9-12-23(19(3)4)26(22)28-15-16-29(17-28)27-24(20(5)6)13-10-14-25(27)21(7)8;;/h9-16,18-21H,1-8H3;;1H2. The molecule has 0 aliphatic rings. The smallest absolute Gasteiger partial charge is 0.268 e. The molecular formula is C27H38CuN2S. The van der Waals surface area contributed by atoms with Crippen molar-refractivity contribution in [2.24, 2.45) is 0 Å². The van der Waals surface area contributed by atoms with E-state index in [1.807, 2.05) is 0 Å². The Labute approximate surface area is 207 Å². The summed E-state index contributed by atoms with van der Waals surface area (Å²) in [5.41, 5.74) is 8.05. The van der Waals surface area contributed by atoms with Crippen LogP contribution < -0.4 is 4.57 Å². The van der Waals surface area contributed by atoms with Crippen molar-refractivity contribution in [2.45, 2.75) is 79.1 Å². The zero-order valence-corrected chi connectivity index (χ0v) is 22.1. The predicted octanol–water partition coefficient (Wildman–Crippen LogP) is 7.16. The molecule has 0 bridgehead atoms. The van der Waals surface area contributed by atoms with E-state index >= 15 is 0 Å². The van der Waals surface area contributed by atoms with Gasteiger partial charge >= 0.3 is 0 Å². The normalized spacial score (nSPS) is 11.2. The molecule has 1 aromatic heterocycles. The summed E-state index contributed by atoms with van der Waals surface area (Å²) >= 11 is 0. The maximum absolute atomic E-state index is 3.66. The van der Waals surface area contributed by atoms with E-state index in [-0.39, 0.29) is 30.6 Å². The maximum Gasteiger partial charge on any atom is 0.268 e. The zero-order valence-electron chi connectivity index (χ0n) is 20.1. The summed E-state index contributed by atoms with van der Waals surface area (Å²) < 4.78 is 4.40. The molecule has 2 aromatic carbocycles. The summed E-state index contributed by atoms with van der Waals surface area (Å²) in [4.78, 5) is 0. The number of hydrogen-bond acceptors (Lipinski definition) is 0. The largest absolute Gasteiger partial charge is 0.298 e. The molecule has 0 saturated heterocycles. The van der Waals surface area contributed by atoms with E-state index in [1.165, 1.54) is 33.6 Å². The van der Waals surface area contributed by atoms with Gasteiger partial charge in [0.15, 0.2) is 0 Å². The monoisotopic (exact) mass is 485 g/mol. The number of hydrogen-bond donors (Lipinski definition) is 0. The fraction of sp³-hybridized carbons (Fsp3) is 0.444. The van der Waals surface area contributed by atoms with Crippen LogP contribution in [-0.2, 0) is 17.1 Å². The van der Waals surface area contributed by atoms with Gasteiger partial charge in [-0.3, -0.25) is 9.13 Å². The number of benzene rings is 2. The van der Waals surface area contributed by atoms with Crippen molar-refractivity contribution in [1.82, 2.24) is 4.57 Å². The minimum absolute atomic E-state index is 0. The molecule has 0 aliphatic carbocycles. The Bertz CT molecular complexity index is 856. The first-order valence-corrected chi connectivity index (χ1v) is 11.0. The van der Waals surface area contributed by atoms with Gasteiger partial charge in [-0.15, -0.1) is 0 Å². The molecule has 31 heavy (non-hydrogen) atoms. The van der Waals surface area contributed by atoms with Crippen LogP contribution in [-0.4, -0.2) is 4.57 Å². The Morgan fingerprint density at radius 1 is 0.677 bits per heavy atom. The SMILES string of the molecule is CC(C)c1cccc(C(C)C)c1-n1[c-][n+](-c2c(C(C)C)cccc2C(C)C)cc1.S.[Cu]. The van der Waals surface area contributed by atoms with Gasteiger partial charge in [0.1, 0.15) is 0 Å². The van der Waals surface area contributed by atoms with Crippen molar-refractivity contribution in [3.05, 3.63) is 77.4 Å². The van der Waals surface area contributed by atoms with Crippen LogP contribution in [0.1, 0.15) is 101 Å². The molecule has 4 heteroatoms. The van der Waals surface area contributed by atoms with Gasteiger partial charge in [0.2, 0.25) is 0 Å². The van der Waals surface area contributed by atoms with Crippen LogP contribution in [0.25, 0.3) is 11.4 Å². The van der Waals surface area contributed by atoms with E-state index in [4.69, 9.17) is 0 Å². The quantitative estimate of drug-likeness (QED) is 0.199. The van der Waals surface area contributed by atoms with Gasteiger partial charge in [-0.05, 0) is 45.9 Å². The zero-order chi connectivity index (χ0) is 21.3. The molecule has 0 fully saturated rings. The third-order valence-corrected chi connectivity index (χ3v) is 5.75. The van der Waals surface area contributed by atoms with Crippen molar-refractivity contribution in [3.8, 4) is 11.4 Å². The Morgan fingerprint density at radius 2 is 1.06 bits per heavy atom. The van der Waals surface area contributed by atoms with Gasteiger partial charge in [-0.25, -0.2) is 0 Å². The Hall–Kier alpha value is -1.48. The second-order valence-corrected chi connectivity index (χ2v) is 9.33. The van der Waals surface area contributed by atoms with Crippen molar-refractivity contribution in [3.63, 3.8) is 0 Å². The first kappa shape index (κ1) is 27.6. The predicted molar refractivity (Wildman–Crippen MR) is 133 cm³/mol. The van der Waals surface area contributed by atoms with Gasteiger partial charge in [0.25, 0.3) is 6.33 Å². The fourth-order valence-electron chi connectivity index (χ4n) is 4.14. The summed E-state index contributed by atoms with van der Waals surface area (Å²) in [6, 6.07) is 13.4. The average Bonchev–Trinajstić information content (AvgIpc) is 3.15. The number of imidazole rings is 1. The molecule has 0 unspecified atom stereocenters. The summed E-state index contributed by atoms with van der Waals surface area (Å²) in [6.45, 7) is 18.2. The summed E-state index contributed by atoms with van der Waals surface area (Å²) in [7, 11) is 0. The van der Waals surface area contributed by atoms with E-state index in [2.05, 4.69) is 120 Å². The summed E-state index contributed by atoms with van der Waals surface area (Å²) in [5, 5.41) is 0. The molecule has 2 nitrogen and oxygen atoms in total.